The summed E-state index contributed by atoms with van der Waals surface area (Å²) >= 11 is 0. The Bertz CT molecular complexity index is 418. The molecular weight excluding hydrogens is 218 g/mol. The molecule has 0 radical (unpaired) electrons. The molecule has 1 amide bonds. The van der Waals surface area contributed by atoms with Crippen molar-refractivity contribution in [2.24, 2.45) is 0 Å². The first-order chi connectivity index (χ1) is 7.92. The topological polar surface area (TPSA) is 75.0 Å². The molecule has 90 valence electrons. The largest absolute Gasteiger partial charge is 0.444 e. The van der Waals surface area contributed by atoms with Gasteiger partial charge in [-0.25, -0.2) is 4.79 Å². The first kappa shape index (κ1) is 13.0. The molecule has 1 heterocycles. The molecule has 0 aliphatic heterocycles. The molecule has 5 nitrogen and oxygen atoms in total. The SMILES string of the molecule is CC(C)(C)OC(=O)NC(C#N)c1cccnc1. The molecule has 0 saturated carbocycles. The average molecular weight is 233 g/mol. The Labute approximate surface area is 100 Å². The molecule has 0 fully saturated rings. The Balaban J connectivity index is 2.67. The fraction of sp³-hybridized carbons (Fsp3) is 0.417. The molecule has 0 aromatic carbocycles. The third-order valence-electron chi connectivity index (χ3n) is 1.81. The number of amides is 1. The lowest BCUT2D eigenvalue weighted by Crippen LogP contribution is -2.34. The van der Waals surface area contributed by atoms with E-state index in [-0.39, 0.29) is 0 Å². The number of pyridine rings is 1. The highest BCUT2D eigenvalue weighted by Gasteiger charge is 2.20. The minimum Gasteiger partial charge on any atom is -0.444 e. The predicted octanol–water partition coefficient (Wildman–Crippen LogP) is 2.17. The van der Waals surface area contributed by atoms with Crippen LogP contribution in [0.15, 0.2) is 24.5 Å². The van der Waals surface area contributed by atoms with Gasteiger partial charge in [-0.2, -0.15) is 5.26 Å². The minimum absolute atomic E-state index is 0.584. The maximum atomic E-state index is 11.5. The van der Waals surface area contributed by atoms with Crippen molar-refractivity contribution in [3.05, 3.63) is 30.1 Å². The first-order valence-electron chi connectivity index (χ1n) is 5.21. The normalized spacial score (nSPS) is 12.4. The van der Waals surface area contributed by atoms with Crippen LogP contribution in [0.5, 0.6) is 0 Å². The van der Waals surface area contributed by atoms with E-state index in [4.69, 9.17) is 10.00 Å². The van der Waals surface area contributed by atoms with E-state index >= 15 is 0 Å². The molecule has 0 spiro atoms. The highest BCUT2D eigenvalue weighted by molar-refractivity contribution is 5.68. The molecule has 1 N–H and O–H groups in total. The lowest BCUT2D eigenvalue weighted by atomic mass is 10.1. The molecule has 0 aliphatic rings. The van der Waals surface area contributed by atoms with Gasteiger partial charge in [-0.1, -0.05) is 6.07 Å². The molecule has 1 rings (SSSR count). The van der Waals surface area contributed by atoms with Crippen LogP contribution in [0.2, 0.25) is 0 Å². The van der Waals surface area contributed by atoms with Gasteiger partial charge in [0.25, 0.3) is 0 Å². The van der Waals surface area contributed by atoms with E-state index in [1.807, 2.05) is 6.07 Å². The van der Waals surface area contributed by atoms with Crippen LogP contribution in [0.1, 0.15) is 32.4 Å². The number of aromatic nitrogens is 1. The van der Waals surface area contributed by atoms with E-state index < -0.39 is 17.7 Å². The van der Waals surface area contributed by atoms with Crippen molar-refractivity contribution < 1.29 is 9.53 Å². The van der Waals surface area contributed by atoms with Crippen molar-refractivity contribution >= 4 is 6.09 Å². The van der Waals surface area contributed by atoms with E-state index in [1.165, 1.54) is 6.20 Å². The summed E-state index contributed by atoms with van der Waals surface area (Å²) < 4.78 is 5.07. The number of nitrogens with one attached hydrogen (secondary N) is 1. The van der Waals surface area contributed by atoms with E-state index in [9.17, 15) is 4.79 Å². The number of hydrogen-bond acceptors (Lipinski definition) is 4. The van der Waals surface area contributed by atoms with Crippen molar-refractivity contribution in [2.45, 2.75) is 32.4 Å². The highest BCUT2D eigenvalue weighted by atomic mass is 16.6. The van der Waals surface area contributed by atoms with Crippen LogP contribution in [0.25, 0.3) is 0 Å². The summed E-state index contributed by atoms with van der Waals surface area (Å²) in [5, 5.41) is 11.5. The summed E-state index contributed by atoms with van der Waals surface area (Å²) in [6, 6.07) is 4.66. The van der Waals surface area contributed by atoms with Crippen molar-refractivity contribution in [1.82, 2.24) is 10.3 Å². The second-order valence-electron chi connectivity index (χ2n) is 4.49. The fourth-order valence-corrected chi connectivity index (χ4v) is 1.16. The van der Waals surface area contributed by atoms with Crippen molar-refractivity contribution in [3.63, 3.8) is 0 Å². The second-order valence-corrected chi connectivity index (χ2v) is 4.49. The van der Waals surface area contributed by atoms with Gasteiger partial charge in [0.2, 0.25) is 0 Å². The maximum Gasteiger partial charge on any atom is 0.408 e. The van der Waals surface area contributed by atoms with E-state index in [0.29, 0.717) is 5.56 Å². The predicted molar refractivity (Wildman–Crippen MR) is 62.0 cm³/mol. The molecule has 0 bridgehead atoms. The number of carbonyl (C=O) groups excluding carboxylic acids is 1. The summed E-state index contributed by atoms with van der Waals surface area (Å²) in [4.78, 5) is 15.4. The molecule has 1 aromatic rings. The molecule has 1 aromatic heterocycles. The summed E-state index contributed by atoms with van der Waals surface area (Å²) in [5.74, 6) is 0. The summed E-state index contributed by atoms with van der Waals surface area (Å²) in [6.07, 6.45) is 2.52. The van der Waals surface area contributed by atoms with Gasteiger partial charge in [0.15, 0.2) is 0 Å². The standard InChI is InChI=1S/C12H15N3O2/c1-12(2,3)17-11(16)15-10(7-13)9-5-4-6-14-8-9/h4-6,8,10H,1-3H3,(H,15,16). The maximum absolute atomic E-state index is 11.5. The van der Waals surface area contributed by atoms with Crippen LogP contribution < -0.4 is 5.32 Å². The number of alkyl carbamates (subject to hydrolysis) is 1. The van der Waals surface area contributed by atoms with Crippen LogP contribution >= 0.6 is 0 Å². The third kappa shape index (κ3) is 4.51. The lowest BCUT2D eigenvalue weighted by Gasteiger charge is -2.21. The molecule has 0 saturated heterocycles. The zero-order valence-electron chi connectivity index (χ0n) is 10.1. The van der Waals surface area contributed by atoms with Crippen molar-refractivity contribution in [1.29, 1.82) is 5.26 Å². The number of ether oxygens (including phenoxy) is 1. The Kier molecular flexibility index (Phi) is 4.05. The van der Waals surface area contributed by atoms with E-state index in [2.05, 4.69) is 10.3 Å². The molecule has 1 unspecified atom stereocenters. The number of carbonyl (C=O) groups is 1. The molecular formula is C12H15N3O2. The quantitative estimate of drug-likeness (QED) is 0.849. The van der Waals surface area contributed by atoms with Gasteiger partial charge in [-0.05, 0) is 26.8 Å². The zero-order valence-corrected chi connectivity index (χ0v) is 10.1. The third-order valence-corrected chi connectivity index (χ3v) is 1.81. The van der Waals surface area contributed by atoms with Gasteiger partial charge in [0.1, 0.15) is 11.6 Å². The highest BCUT2D eigenvalue weighted by Crippen LogP contribution is 2.12. The van der Waals surface area contributed by atoms with Gasteiger partial charge >= 0.3 is 6.09 Å². The Morgan fingerprint density at radius 3 is 2.76 bits per heavy atom. The lowest BCUT2D eigenvalue weighted by molar-refractivity contribution is 0.0515. The number of hydrogen-bond donors (Lipinski definition) is 1. The zero-order chi connectivity index (χ0) is 12.9. The van der Waals surface area contributed by atoms with Crippen LogP contribution in [-0.2, 0) is 4.74 Å². The second kappa shape index (κ2) is 5.30. The monoisotopic (exact) mass is 233 g/mol. The van der Waals surface area contributed by atoms with Gasteiger partial charge in [-0.15, -0.1) is 0 Å². The van der Waals surface area contributed by atoms with Gasteiger partial charge in [-0.3, -0.25) is 4.98 Å². The van der Waals surface area contributed by atoms with Crippen molar-refractivity contribution in [2.75, 3.05) is 0 Å². The smallest absolute Gasteiger partial charge is 0.408 e. The minimum atomic E-state index is -0.751. The summed E-state index contributed by atoms with van der Waals surface area (Å²) in [6.45, 7) is 5.29. The first-order valence-corrected chi connectivity index (χ1v) is 5.21. The van der Waals surface area contributed by atoms with Crippen LogP contribution in [0.4, 0.5) is 4.79 Å². The fourth-order valence-electron chi connectivity index (χ4n) is 1.16. The van der Waals surface area contributed by atoms with Crippen LogP contribution in [0.3, 0.4) is 0 Å². The Hall–Kier alpha value is -2.09. The Morgan fingerprint density at radius 2 is 2.29 bits per heavy atom. The van der Waals surface area contributed by atoms with Gasteiger partial charge in [0, 0.05) is 18.0 Å². The van der Waals surface area contributed by atoms with E-state index in [1.54, 1.807) is 39.1 Å². The number of nitriles is 1. The van der Waals surface area contributed by atoms with Crippen LogP contribution in [0, 0.1) is 11.3 Å². The summed E-state index contributed by atoms with van der Waals surface area (Å²) in [7, 11) is 0. The summed E-state index contributed by atoms with van der Waals surface area (Å²) in [5.41, 5.74) is 0.0415. The Morgan fingerprint density at radius 1 is 1.59 bits per heavy atom. The van der Waals surface area contributed by atoms with Gasteiger partial charge in [0.05, 0.1) is 6.07 Å². The molecule has 0 aliphatic carbocycles. The molecule has 1 atom stereocenters. The molecule has 5 heteroatoms. The molecule has 17 heavy (non-hydrogen) atoms. The number of rotatable bonds is 2. The average Bonchev–Trinajstić information content (AvgIpc) is 2.24. The van der Waals surface area contributed by atoms with Gasteiger partial charge < -0.3 is 10.1 Å². The van der Waals surface area contributed by atoms with Crippen molar-refractivity contribution in [3.8, 4) is 6.07 Å². The van der Waals surface area contributed by atoms with E-state index in [0.717, 1.165) is 0 Å². The number of nitrogens with zero attached hydrogens (tertiary/aromatic N) is 2. The van der Waals surface area contributed by atoms with Crippen LogP contribution in [-0.4, -0.2) is 16.7 Å².